The lowest BCUT2D eigenvalue weighted by atomic mass is 10.1. The molecule has 0 bridgehead atoms. The molecule has 0 atom stereocenters. The largest absolute Gasteiger partial charge is 0.495 e. The molecule has 2 aromatic carbocycles. The van der Waals surface area contributed by atoms with Crippen molar-refractivity contribution >= 4 is 34.8 Å². The summed E-state index contributed by atoms with van der Waals surface area (Å²) in [6.07, 6.45) is 0. The van der Waals surface area contributed by atoms with Crippen LogP contribution in [0.2, 0.25) is 0 Å². The summed E-state index contributed by atoms with van der Waals surface area (Å²) in [5.74, 6) is -0.489. The fraction of sp³-hybridized carbons (Fsp3) is 0.158. The van der Waals surface area contributed by atoms with Crippen LogP contribution in [0.25, 0.3) is 0 Å². The Morgan fingerprint density at radius 1 is 1.04 bits per heavy atom. The quantitative estimate of drug-likeness (QED) is 0.848. The molecule has 2 amide bonds. The molecule has 0 aliphatic carbocycles. The van der Waals surface area contributed by atoms with Gasteiger partial charge in [0.1, 0.15) is 16.5 Å². The van der Waals surface area contributed by atoms with Gasteiger partial charge in [0.2, 0.25) is 0 Å². The van der Waals surface area contributed by atoms with Crippen molar-refractivity contribution in [1.29, 1.82) is 0 Å². The van der Waals surface area contributed by atoms with E-state index in [0.29, 0.717) is 17.1 Å². The monoisotopic (exact) mass is 356 g/mol. The summed E-state index contributed by atoms with van der Waals surface area (Å²) < 4.78 is 5.26. The van der Waals surface area contributed by atoms with Crippen molar-refractivity contribution in [2.45, 2.75) is 13.8 Å². The van der Waals surface area contributed by atoms with E-state index in [2.05, 4.69) is 5.32 Å². The van der Waals surface area contributed by atoms with Gasteiger partial charge < -0.3 is 10.1 Å². The van der Waals surface area contributed by atoms with Gasteiger partial charge in [-0.05, 0) is 43.2 Å². The van der Waals surface area contributed by atoms with Crippen molar-refractivity contribution in [2.24, 2.45) is 0 Å². The van der Waals surface area contributed by atoms with Crippen molar-refractivity contribution in [3.05, 3.63) is 64.3 Å². The van der Waals surface area contributed by atoms with Crippen molar-refractivity contribution in [3.63, 3.8) is 0 Å². The fourth-order valence-electron chi connectivity index (χ4n) is 2.67. The second-order valence-corrected chi connectivity index (χ2v) is 6.13. The first-order valence-electron chi connectivity index (χ1n) is 7.70. The number of carbonyl (C=O) groups excluding carboxylic acids is 2. The number of rotatable bonds is 4. The smallest absolute Gasteiger partial charge is 0.283 e. The van der Waals surface area contributed by atoms with Crippen LogP contribution in [0.3, 0.4) is 0 Å². The first-order valence-corrected chi connectivity index (χ1v) is 8.07. The van der Waals surface area contributed by atoms with Gasteiger partial charge in [-0.1, -0.05) is 35.9 Å². The summed E-state index contributed by atoms with van der Waals surface area (Å²) in [6, 6.07) is 12.7. The van der Waals surface area contributed by atoms with Gasteiger partial charge in [0, 0.05) is 0 Å². The van der Waals surface area contributed by atoms with Crippen molar-refractivity contribution in [3.8, 4) is 5.75 Å². The third kappa shape index (κ3) is 2.98. The number of hydrogen-bond donors (Lipinski definition) is 1. The molecule has 0 radical (unpaired) electrons. The molecular weight excluding hydrogens is 340 g/mol. The van der Waals surface area contributed by atoms with E-state index in [-0.39, 0.29) is 10.7 Å². The highest BCUT2D eigenvalue weighted by Gasteiger charge is 2.39. The zero-order valence-electron chi connectivity index (χ0n) is 14.1. The molecule has 1 N–H and O–H groups in total. The SMILES string of the molecule is COc1ccccc1NC1=C(Cl)C(=O)N(c2cc(C)ccc2C)C1=O. The Morgan fingerprint density at radius 2 is 1.76 bits per heavy atom. The Hall–Kier alpha value is -2.79. The Labute approximate surface area is 150 Å². The first-order chi connectivity index (χ1) is 11.9. The Morgan fingerprint density at radius 3 is 2.48 bits per heavy atom. The highest BCUT2D eigenvalue weighted by Crippen LogP contribution is 2.34. The maximum Gasteiger partial charge on any atom is 0.283 e. The number of carbonyl (C=O) groups is 2. The number of imide groups is 1. The number of hydrogen-bond acceptors (Lipinski definition) is 4. The number of aryl methyl sites for hydroxylation is 2. The minimum absolute atomic E-state index is 0.0390. The van der Waals surface area contributed by atoms with E-state index in [1.807, 2.05) is 32.0 Å². The van der Waals surface area contributed by atoms with Crippen LogP contribution in [-0.2, 0) is 9.59 Å². The Bertz CT molecular complexity index is 905. The maximum atomic E-state index is 12.9. The van der Waals surface area contributed by atoms with Crippen LogP contribution < -0.4 is 15.0 Å². The van der Waals surface area contributed by atoms with Crippen LogP contribution in [0.4, 0.5) is 11.4 Å². The standard InChI is InChI=1S/C19H17ClN2O3/c1-11-8-9-12(2)14(10-11)22-18(23)16(20)17(19(22)24)21-13-6-4-5-7-15(13)25-3/h4-10,21H,1-3H3. The van der Waals surface area contributed by atoms with E-state index in [9.17, 15) is 9.59 Å². The molecule has 0 spiro atoms. The van der Waals surface area contributed by atoms with E-state index >= 15 is 0 Å². The molecule has 2 aromatic rings. The molecule has 1 aliphatic rings. The molecule has 6 heteroatoms. The molecule has 0 saturated heterocycles. The Kier molecular flexibility index (Phi) is 4.51. The lowest BCUT2D eigenvalue weighted by Crippen LogP contribution is -2.33. The maximum absolute atomic E-state index is 12.9. The van der Waals surface area contributed by atoms with E-state index in [4.69, 9.17) is 16.3 Å². The van der Waals surface area contributed by atoms with Crippen LogP contribution in [0, 0.1) is 13.8 Å². The summed E-state index contributed by atoms with van der Waals surface area (Å²) in [5, 5.41) is 2.79. The number of nitrogens with zero attached hydrogens (tertiary/aromatic N) is 1. The molecule has 3 rings (SSSR count). The summed E-state index contributed by atoms with van der Waals surface area (Å²) in [5.41, 5.74) is 2.89. The number of para-hydroxylation sites is 2. The van der Waals surface area contributed by atoms with Crippen LogP contribution in [0.1, 0.15) is 11.1 Å². The fourth-order valence-corrected chi connectivity index (χ4v) is 2.89. The molecule has 25 heavy (non-hydrogen) atoms. The van der Waals surface area contributed by atoms with Gasteiger partial charge in [-0.2, -0.15) is 0 Å². The Balaban J connectivity index is 1.98. The van der Waals surface area contributed by atoms with Crippen LogP contribution in [0.15, 0.2) is 53.2 Å². The number of anilines is 2. The average Bonchev–Trinajstić information content (AvgIpc) is 2.81. The molecule has 128 valence electrons. The van der Waals surface area contributed by atoms with Gasteiger partial charge in [0.05, 0.1) is 18.5 Å². The third-order valence-electron chi connectivity index (χ3n) is 4.00. The van der Waals surface area contributed by atoms with E-state index in [0.717, 1.165) is 16.0 Å². The zero-order valence-corrected chi connectivity index (χ0v) is 14.8. The molecule has 0 unspecified atom stereocenters. The minimum atomic E-state index is -0.544. The highest BCUT2D eigenvalue weighted by molar-refractivity contribution is 6.53. The topological polar surface area (TPSA) is 58.6 Å². The molecule has 5 nitrogen and oxygen atoms in total. The predicted octanol–water partition coefficient (Wildman–Crippen LogP) is 3.75. The van der Waals surface area contributed by atoms with Gasteiger partial charge in [-0.15, -0.1) is 0 Å². The van der Waals surface area contributed by atoms with Gasteiger partial charge in [-0.3, -0.25) is 9.59 Å². The molecule has 1 heterocycles. The molecular formula is C19H17ClN2O3. The van der Waals surface area contributed by atoms with Crippen LogP contribution >= 0.6 is 11.6 Å². The van der Waals surface area contributed by atoms with Gasteiger partial charge >= 0.3 is 0 Å². The van der Waals surface area contributed by atoms with Gasteiger partial charge in [-0.25, -0.2) is 4.90 Å². The third-order valence-corrected chi connectivity index (χ3v) is 4.35. The second kappa shape index (κ2) is 6.61. The summed E-state index contributed by atoms with van der Waals surface area (Å²) in [7, 11) is 1.53. The second-order valence-electron chi connectivity index (χ2n) is 5.75. The van der Waals surface area contributed by atoms with Crippen molar-refractivity contribution in [1.82, 2.24) is 0 Å². The first kappa shape index (κ1) is 17.0. The van der Waals surface area contributed by atoms with E-state index in [1.54, 1.807) is 24.3 Å². The van der Waals surface area contributed by atoms with Crippen molar-refractivity contribution < 1.29 is 14.3 Å². The van der Waals surface area contributed by atoms with Crippen LogP contribution in [-0.4, -0.2) is 18.9 Å². The predicted molar refractivity (Wildman–Crippen MR) is 97.9 cm³/mol. The summed E-state index contributed by atoms with van der Waals surface area (Å²) >= 11 is 6.17. The van der Waals surface area contributed by atoms with E-state index < -0.39 is 11.8 Å². The molecule has 0 aromatic heterocycles. The number of halogens is 1. The number of amides is 2. The normalized spacial score (nSPS) is 14.3. The minimum Gasteiger partial charge on any atom is -0.495 e. The summed E-state index contributed by atoms with van der Waals surface area (Å²) in [6.45, 7) is 3.74. The number of ether oxygens (including phenoxy) is 1. The number of methoxy groups -OCH3 is 1. The van der Waals surface area contributed by atoms with Gasteiger partial charge in [0.25, 0.3) is 11.8 Å². The lowest BCUT2D eigenvalue weighted by molar-refractivity contribution is -0.120. The lowest BCUT2D eigenvalue weighted by Gasteiger charge is -2.18. The molecule has 0 saturated carbocycles. The summed E-state index contributed by atoms with van der Waals surface area (Å²) in [4.78, 5) is 26.5. The van der Waals surface area contributed by atoms with Gasteiger partial charge in [0.15, 0.2) is 0 Å². The molecule has 0 fully saturated rings. The number of nitrogens with one attached hydrogen (secondary N) is 1. The van der Waals surface area contributed by atoms with Crippen LogP contribution in [0.5, 0.6) is 5.75 Å². The van der Waals surface area contributed by atoms with E-state index in [1.165, 1.54) is 7.11 Å². The highest BCUT2D eigenvalue weighted by atomic mass is 35.5. The number of benzene rings is 2. The van der Waals surface area contributed by atoms with Crippen molar-refractivity contribution in [2.75, 3.05) is 17.3 Å². The molecule has 1 aliphatic heterocycles. The average molecular weight is 357 g/mol. The zero-order chi connectivity index (χ0) is 18.1.